The third-order valence-corrected chi connectivity index (χ3v) is 1.77. The van der Waals surface area contributed by atoms with Gasteiger partial charge in [-0.05, 0) is 20.2 Å². The summed E-state index contributed by atoms with van der Waals surface area (Å²) in [6.45, 7) is -0.0536. The number of hydrogen-bond donors (Lipinski definition) is 0. The molecular formula is C10H10F3NO. The van der Waals surface area contributed by atoms with E-state index in [4.69, 9.17) is 0 Å². The summed E-state index contributed by atoms with van der Waals surface area (Å²) in [4.78, 5) is 12.9. The molecule has 0 amide bonds. The maximum absolute atomic E-state index is 13.1. The second-order valence-corrected chi connectivity index (χ2v) is 3.41. The fourth-order valence-corrected chi connectivity index (χ4v) is 1.11. The van der Waals surface area contributed by atoms with Crippen molar-refractivity contribution < 1.29 is 18.0 Å². The molecule has 1 aromatic rings. The lowest BCUT2D eigenvalue weighted by Crippen LogP contribution is -2.22. The topological polar surface area (TPSA) is 20.3 Å². The Bertz CT molecular complexity index is 390. The zero-order valence-corrected chi connectivity index (χ0v) is 8.35. The highest BCUT2D eigenvalue weighted by Crippen LogP contribution is 2.14. The van der Waals surface area contributed by atoms with E-state index in [-0.39, 0.29) is 6.54 Å². The molecule has 82 valence electrons. The van der Waals surface area contributed by atoms with Crippen molar-refractivity contribution in [2.45, 2.75) is 0 Å². The summed E-state index contributed by atoms with van der Waals surface area (Å²) < 4.78 is 38.4. The standard InChI is InChI=1S/C10H10F3NO/c1-14(2)5-10(15)6-3-8(12)9(13)4-7(6)11/h3-4H,5H2,1-2H3. The van der Waals surface area contributed by atoms with Crippen LogP contribution in [0.15, 0.2) is 12.1 Å². The van der Waals surface area contributed by atoms with Crippen LogP contribution in [0.4, 0.5) is 13.2 Å². The van der Waals surface area contributed by atoms with E-state index in [0.29, 0.717) is 12.1 Å². The van der Waals surface area contributed by atoms with E-state index in [2.05, 4.69) is 0 Å². The summed E-state index contributed by atoms with van der Waals surface area (Å²) in [6, 6.07) is 0.953. The van der Waals surface area contributed by atoms with Crippen molar-refractivity contribution in [2.75, 3.05) is 20.6 Å². The van der Waals surface area contributed by atoms with Gasteiger partial charge in [0.25, 0.3) is 0 Å². The molecule has 0 N–H and O–H groups in total. The Kier molecular flexibility index (Phi) is 3.47. The number of rotatable bonds is 3. The Balaban J connectivity index is 3.04. The first-order valence-electron chi connectivity index (χ1n) is 4.24. The summed E-state index contributed by atoms with van der Waals surface area (Å²) >= 11 is 0. The van der Waals surface area contributed by atoms with Crippen molar-refractivity contribution in [2.24, 2.45) is 0 Å². The number of ketones is 1. The molecule has 2 nitrogen and oxygen atoms in total. The minimum atomic E-state index is -1.30. The first-order valence-corrected chi connectivity index (χ1v) is 4.24. The van der Waals surface area contributed by atoms with Crippen molar-refractivity contribution >= 4 is 5.78 Å². The molecule has 0 saturated carbocycles. The quantitative estimate of drug-likeness (QED) is 0.568. The van der Waals surface area contributed by atoms with Crippen molar-refractivity contribution in [3.8, 4) is 0 Å². The molecule has 0 saturated heterocycles. The molecule has 0 aliphatic rings. The van der Waals surface area contributed by atoms with Gasteiger partial charge in [0.05, 0.1) is 12.1 Å². The molecule has 0 aromatic heterocycles. The number of carbonyl (C=O) groups excluding carboxylic acids is 1. The van der Waals surface area contributed by atoms with E-state index in [9.17, 15) is 18.0 Å². The van der Waals surface area contributed by atoms with Gasteiger partial charge in [0.15, 0.2) is 17.4 Å². The summed E-state index contributed by atoms with van der Waals surface area (Å²) in [7, 11) is 3.24. The van der Waals surface area contributed by atoms with Crippen molar-refractivity contribution in [3.05, 3.63) is 35.1 Å². The first kappa shape index (κ1) is 11.7. The Hall–Kier alpha value is -1.36. The normalized spacial score (nSPS) is 10.8. The van der Waals surface area contributed by atoms with E-state index >= 15 is 0 Å². The molecule has 0 spiro atoms. The molecule has 0 aliphatic carbocycles. The van der Waals surface area contributed by atoms with Crippen LogP contribution in [0.3, 0.4) is 0 Å². The van der Waals surface area contributed by atoms with Gasteiger partial charge in [0.2, 0.25) is 0 Å². The maximum atomic E-state index is 13.1. The fourth-order valence-electron chi connectivity index (χ4n) is 1.11. The highest BCUT2D eigenvalue weighted by atomic mass is 19.2. The number of hydrogen-bond acceptors (Lipinski definition) is 2. The highest BCUT2D eigenvalue weighted by Gasteiger charge is 2.16. The van der Waals surface area contributed by atoms with E-state index in [0.717, 1.165) is 0 Å². The van der Waals surface area contributed by atoms with Crippen molar-refractivity contribution in [3.63, 3.8) is 0 Å². The van der Waals surface area contributed by atoms with E-state index in [1.807, 2.05) is 0 Å². The molecule has 0 aliphatic heterocycles. The first-order chi connectivity index (χ1) is 6.91. The second-order valence-electron chi connectivity index (χ2n) is 3.41. The lowest BCUT2D eigenvalue weighted by Gasteiger charge is -2.09. The Labute approximate surface area is 85.3 Å². The van der Waals surface area contributed by atoms with Gasteiger partial charge < -0.3 is 4.90 Å². The summed E-state index contributed by atoms with van der Waals surface area (Å²) in [5.74, 6) is -4.15. The third-order valence-electron chi connectivity index (χ3n) is 1.77. The molecular weight excluding hydrogens is 207 g/mol. The molecule has 1 rings (SSSR count). The second kappa shape index (κ2) is 4.44. The fraction of sp³-hybridized carbons (Fsp3) is 0.300. The average molecular weight is 217 g/mol. The molecule has 0 atom stereocenters. The minimum Gasteiger partial charge on any atom is -0.302 e. The lowest BCUT2D eigenvalue weighted by atomic mass is 10.1. The van der Waals surface area contributed by atoms with Gasteiger partial charge >= 0.3 is 0 Å². The molecule has 0 fully saturated rings. The van der Waals surface area contributed by atoms with Crippen LogP contribution in [-0.4, -0.2) is 31.3 Å². The van der Waals surface area contributed by atoms with Crippen LogP contribution in [0.1, 0.15) is 10.4 Å². The lowest BCUT2D eigenvalue weighted by molar-refractivity contribution is 0.0953. The maximum Gasteiger partial charge on any atom is 0.179 e. The number of likely N-dealkylation sites (N-methyl/N-ethyl adjacent to an activating group) is 1. The van der Waals surface area contributed by atoms with Gasteiger partial charge in [-0.3, -0.25) is 4.79 Å². The van der Waals surface area contributed by atoms with Crippen LogP contribution in [0.2, 0.25) is 0 Å². The van der Waals surface area contributed by atoms with Crippen LogP contribution in [0, 0.1) is 17.5 Å². The number of benzene rings is 1. The molecule has 0 unspecified atom stereocenters. The van der Waals surface area contributed by atoms with Crippen LogP contribution >= 0.6 is 0 Å². The van der Waals surface area contributed by atoms with Crippen molar-refractivity contribution in [1.29, 1.82) is 0 Å². The van der Waals surface area contributed by atoms with Crippen molar-refractivity contribution in [1.82, 2.24) is 4.90 Å². The number of nitrogens with zero attached hydrogens (tertiary/aromatic N) is 1. The monoisotopic (exact) mass is 217 g/mol. The van der Waals surface area contributed by atoms with Gasteiger partial charge in [-0.2, -0.15) is 0 Å². The van der Waals surface area contributed by atoms with Crippen LogP contribution in [0.25, 0.3) is 0 Å². The summed E-state index contributed by atoms with van der Waals surface area (Å²) in [5.41, 5.74) is -0.428. The van der Waals surface area contributed by atoms with Crippen LogP contribution in [-0.2, 0) is 0 Å². The van der Waals surface area contributed by atoms with E-state index < -0.39 is 28.8 Å². The van der Waals surface area contributed by atoms with E-state index in [1.165, 1.54) is 4.90 Å². The molecule has 0 heterocycles. The smallest absolute Gasteiger partial charge is 0.179 e. The molecule has 0 radical (unpaired) electrons. The number of Topliss-reactive ketones (excluding diaryl/α,β-unsaturated/α-hetero) is 1. The largest absolute Gasteiger partial charge is 0.302 e. The number of halogens is 3. The minimum absolute atomic E-state index is 0.0536. The van der Waals surface area contributed by atoms with Crippen LogP contribution in [0.5, 0.6) is 0 Å². The predicted octanol–water partition coefficient (Wildman–Crippen LogP) is 1.85. The third kappa shape index (κ3) is 2.79. The van der Waals surface area contributed by atoms with Gasteiger partial charge in [-0.1, -0.05) is 0 Å². The summed E-state index contributed by atoms with van der Waals surface area (Å²) in [5, 5.41) is 0. The van der Waals surface area contributed by atoms with Gasteiger partial charge in [0.1, 0.15) is 5.82 Å². The average Bonchev–Trinajstić information content (AvgIpc) is 2.09. The van der Waals surface area contributed by atoms with Crippen LogP contribution < -0.4 is 0 Å². The Morgan fingerprint density at radius 2 is 1.67 bits per heavy atom. The molecule has 1 aromatic carbocycles. The molecule has 5 heteroatoms. The van der Waals surface area contributed by atoms with Gasteiger partial charge in [-0.25, -0.2) is 13.2 Å². The van der Waals surface area contributed by atoms with E-state index in [1.54, 1.807) is 14.1 Å². The Morgan fingerprint density at radius 1 is 1.13 bits per heavy atom. The molecule has 15 heavy (non-hydrogen) atoms. The Morgan fingerprint density at radius 3 is 2.20 bits per heavy atom. The molecule has 0 bridgehead atoms. The van der Waals surface area contributed by atoms with Gasteiger partial charge in [-0.15, -0.1) is 0 Å². The zero-order chi connectivity index (χ0) is 11.6. The SMILES string of the molecule is CN(C)CC(=O)c1cc(F)c(F)cc1F. The highest BCUT2D eigenvalue weighted by molar-refractivity contribution is 5.97. The number of carbonyl (C=O) groups is 1. The van der Waals surface area contributed by atoms with Gasteiger partial charge in [0, 0.05) is 6.07 Å². The zero-order valence-electron chi connectivity index (χ0n) is 8.35. The predicted molar refractivity (Wildman–Crippen MR) is 49.2 cm³/mol. The summed E-state index contributed by atoms with van der Waals surface area (Å²) in [6.07, 6.45) is 0.